The number of aryl methyl sites for hydroxylation is 1. The van der Waals surface area contributed by atoms with Crippen LogP contribution in [0, 0.1) is 6.92 Å². The van der Waals surface area contributed by atoms with Crippen LogP contribution in [0.3, 0.4) is 0 Å². The quantitative estimate of drug-likeness (QED) is 0.602. The van der Waals surface area contributed by atoms with Crippen LogP contribution in [0.1, 0.15) is 16.2 Å². The number of nitrogens with zero attached hydrogens (tertiary/aromatic N) is 7. The summed E-state index contributed by atoms with van der Waals surface area (Å²) in [7, 11) is 0. The van der Waals surface area contributed by atoms with E-state index in [1.54, 1.807) is 31.5 Å². The second-order valence-corrected chi connectivity index (χ2v) is 7.16. The van der Waals surface area contributed by atoms with E-state index < -0.39 is 0 Å². The van der Waals surface area contributed by atoms with Crippen LogP contribution >= 0.6 is 0 Å². The molecule has 160 valence electrons. The Balaban J connectivity index is 1.42. The molecule has 0 saturated carbocycles. The molecule has 3 aromatic rings. The standard InChI is InChI=1S/C21H24N8O2/c1-15-24-19(17-4-2-3-7-22-17)26-21(25-15)27-20(31)16-5-6-18(23-14-16)29-10-8-28(9-11-29)12-13-30/h2-7,14,30H,8-13H2,1H3,(H,24,25,26,27,31). The molecule has 1 aliphatic heterocycles. The number of pyridine rings is 2. The van der Waals surface area contributed by atoms with Gasteiger partial charge in [-0.05, 0) is 31.2 Å². The Labute approximate surface area is 180 Å². The maximum Gasteiger partial charge on any atom is 0.259 e. The molecular formula is C21H24N8O2. The van der Waals surface area contributed by atoms with E-state index >= 15 is 0 Å². The summed E-state index contributed by atoms with van der Waals surface area (Å²) in [5.74, 6) is 1.54. The van der Waals surface area contributed by atoms with Crippen molar-refractivity contribution in [3.63, 3.8) is 0 Å². The molecule has 0 aliphatic carbocycles. The van der Waals surface area contributed by atoms with Gasteiger partial charge in [-0.3, -0.25) is 20.0 Å². The average Bonchev–Trinajstić information content (AvgIpc) is 2.80. The largest absolute Gasteiger partial charge is 0.395 e. The summed E-state index contributed by atoms with van der Waals surface area (Å²) in [4.78, 5) is 38.6. The number of piperazine rings is 1. The van der Waals surface area contributed by atoms with E-state index in [0.717, 1.165) is 32.0 Å². The molecule has 10 heteroatoms. The van der Waals surface area contributed by atoms with E-state index in [0.29, 0.717) is 29.5 Å². The van der Waals surface area contributed by atoms with E-state index in [-0.39, 0.29) is 18.5 Å². The lowest BCUT2D eigenvalue weighted by molar-refractivity contribution is 0.102. The Morgan fingerprint density at radius 2 is 1.90 bits per heavy atom. The number of amides is 1. The number of aliphatic hydroxyl groups excluding tert-OH is 1. The summed E-state index contributed by atoms with van der Waals surface area (Å²) < 4.78 is 0. The summed E-state index contributed by atoms with van der Waals surface area (Å²) in [5.41, 5.74) is 1.02. The number of β-amino-alcohol motifs (C(OH)–C–C–N with tert-alkyl or cyclic N) is 1. The van der Waals surface area contributed by atoms with Gasteiger partial charge in [-0.2, -0.15) is 9.97 Å². The summed E-state index contributed by atoms with van der Waals surface area (Å²) in [6.45, 7) is 6.02. The third kappa shape index (κ3) is 5.16. The predicted octanol–water partition coefficient (Wildman–Crippen LogP) is 1.00. The fourth-order valence-electron chi connectivity index (χ4n) is 3.37. The first kappa shape index (κ1) is 20.8. The van der Waals surface area contributed by atoms with Gasteiger partial charge in [0.1, 0.15) is 17.3 Å². The highest BCUT2D eigenvalue weighted by Crippen LogP contribution is 2.16. The number of carbonyl (C=O) groups excluding carboxylic acids is 1. The Kier molecular flexibility index (Phi) is 6.39. The molecule has 31 heavy (non-hydrogen) atoms. The van der Waals surface area contributed by atoms with Gasteiger partial charge in [0.05, 0.1) is 12.2 Å². The molecular weight excluding hydrogens is 396 g/mol. The molecule has 10 nitrogen and oxygen atoms in total. The predicted molar refractivity (Wildman–Crippen MR) is 116 cm³/mol. The molecule has 0 spiro atoms. The third-order valence-corrected chi connectivity index (χ3v) is 4.99. The van der Waals surface area contributed by atoms with E-state index in [2.05, 4.69) is 40.0 Å². The molecule has 3 aromatic heterocycles. The maximum atomic E-state index is 12.7. The van der Waals surface area contributed by atoms with E-state index in [1.807, 2.05) is 18.2 Å². The topological polar surface area (TPSA) is 120 Å². The molecule has 1 amide bonds. The first-order valence-electron chi connectivity index (χ1n) is 10.1. The number of anilines is 2. The van der Waals surface area contributed by atoms with Gasteiger partial charge in [-0.25, -0.2) is 9.97 Å². The molecule has 0 atom stereocenters. The fourth-order valence-corrected chi connectivity index (χ4v) is 3.37. The highest BCUT2D eigenvalue weighted by atomic mass is 16.3. The number of rotatable bonds is 6. The molecule has 4 rings (SSSR count). The number of aromatic nitrogens is 5. The van der Waals surface area contributed by atoms with Gasteiger partial charge >= 0.3 is 0 Å². The molecule has 2 N–H and O–H groups in total. The van der Waals surface area contributed by atoms with Gasteiger partial charge in [0.25, 0.3) is 5.91 Å². The van der Waals surface area contributed by atoms with Crippen LogP contribution in [0.5, 0.6) is 0 Å². The lowest BCUT2D eigenvalue weighted by Gasteiger charge is -2.35. The third-order valence-electron chi connectivity index (χ3n) is 4.99. The molecule has 4 heterocycles. The second-order valence-electron chi connectivity index (χ2n) is 7.16. The SMILES string of the molecule is Cc1nc(NC(=O)c2ccc(N3CCN(CCO)CC3)nc2)nc(-c2ccccn2)n1. The minimum Gasteiger partial charge on any atom is -0.395 e. The van der Waals surface area contributed by atoms with Crippen LogP contribution in [-0.4, -0.2) is 80.2 Å². The van der Waals surface area contributed by atoms with Crippen molar-refractivity contribution >= 4 is 17.7 Å². The summed E-state index contributed by atoms with van der Waals surface area (Å²) in [5, 5.41) is 11.8. The van der Waals surface area contributed by atoms with Crippen LogP contribution in [0.15, 0.2) is 42.7 Å². The van der Waals surface area contributed by atoms with Crippen molar-refractivity contribution in [2.24, 2.45) is 0 Å². The number of hydrogen-bond donors (Lipinski definition) is 2. The van der Waals surface area contributed by atoms with Crippen molar-refractivity contribution in [1.29, 1.82) is 0 Å². The smallest absolute Gasteiger partial charge is 0.259 e. The van der Waals surface area contributed by atoms with Crippen molar-refractivity contribution in [2.45, 2.75) is 6.92 Å². The normalized spacial score (nSPS) is 14.5. The maximum absolute atomic E-state index is 12.7. The van der Waals surface area contributed by atoms with Gasteiger partial charge in [0, 0.05) is 45.1 Å². The summed E-state index contributed by atoms with van der Waals surface area (Å²) in [6, 6.07) is 9.04. The summed E-state index contributed by atoms with van der Waals surface area (Å²) in [6.07, 6.45) is 3.21. The van der Waals surface area contributed by atoms with Crippen LogP contribution < -0.4 is 10.2 Å². The molecule has 1 fully saturated rings. The van der Waals surface area contributed by atoms with Crippen LogP contribution in [0.4, 0.5) is 11.8 Å². The molecule has 1 aliphatic rings. The Morgan fingerprint density at radius 1 is 1.06 bits per heavy atom. The van der Waals surface area contributed by atoms with E-state index in [1.165, 1.54) is 0 Å². The van der Waals surface area contributed by atoms with Crippen molar-refractivity contribution in [3.8, 4) is 11.5 Å². The van der Waals surface area contributed by atoms with E-state index in [9.17, 15) is 4.79 Å². The Hall–Kier alpha value is -3.50. The average molecular weight is 420 g/mol. The molecule has 0 bridgehead atoms. The van der Waals surface area contributed by atoms with Gasteiger partial charge in [-0.1, -0.05) is 6.07 Å². The minimum absolute atomic E-state index is 0.169. The Bertz CT molecular complexity index is 1020. The van der Waals surface area contributed by atoms with Crippen molar-refractivity contribution in [2.75, 3.05) is 49.5 Å². The van der Waals surface area contributed by atoms with Crippen LogP contribution in [0.25, 0.3) is 11.5 Å². The van der Waals surface area contributed by atoms with Crippen LogP contribution in [-0.2, 0) is 0 Å². The number of hydrogen-bond acceptors (Lipinski definition) is 9. The van der Waals surface area contributed by atoms with E-state index in [4.69, 9.17) is 5.11 Å². The van der Waals surface area contributed by atoms with Gasteiger partial charge in [0.15, 0.2) is 5.82 Å². The zero-order valence-corrected chi connectivity index (χ0v) is 17.3. The van der Waals surface area contributed by atoms with Crippen molar-refractivity contribution < 1.29 is 9.90 Å². The fraction of sp³-hybridized carbons (Fsp3) is 0.333. The highest BCUT2D eigenvalue weighted by Gasteiger charge is 2.18. The lowest BCUT2D eigenvalue weighted by atomic mass is 10.2. The van der Waals surface area contributed by atoms with Crippen LogP contribution in [0.2, 0.25) is 0 Å². The Morgan fingerprint density at radius 3 is 2.58 bits per heavy atom. The zero-order chi connectivity index (χ0) is 21.6. The van der Waals surface area contributed by atoms with Gasteiger partial charge in [0.2, 0.25) is 5.95 Å². The lowest BCUT2D eigenvalue weighted by Crippen LogP contribution is -2.47. The number of carbonyl (C=O) groups is 1. The first-order valence-corrected chi connectivity index (χ1v) is 10.1. The number of nitrogens with one attached hydrogen (secondary N) is 1. The van der Waals surface area contributed by atoms with Gasteiger partial charge in [-0.15, -0.1) is 0 Å². The monoisotopic (exact) mass is 420 g/mol. The highest BCUT2D eigenvalue weighted by molar-refractivity contribution is 6.03. The van der Waals surface area contributed by atoms with Crippen molar-refractivity contribution in [3.05, 3.63) is 54.1 Å². The van der Waals surface area contributed by atoms with Crippen molar-refractivity contribution in [1.82, 2.24) is 29.8 Å². The number of aliphatic hydroxyl groups is 1. The van der Waals surface area contributed by atoms with Gasteiger partial charge < -0.3 is 10.0 Å². The molecule has 1 saturated heterocycles. The molecule has 0 unspecified atom stereocenters. The zero-order valence-electron chi connectivity index (χ0n) is 17.3. The minimum atomic E-state index is -0.343. The summed E-state index contributed by atoms with van der Waals surface area (Å²) >= 11 is 0. The first-order chi connectivity index (χ1) is 15.1. The second kappa shape index (κ2) is 9.54. The molecule has 0 aromatic carbocycles. The molecule has 0 radical (unpaired) electrons.